The van der Waals surface area contributed by atoms with Crippen molar-refractivity contribution in [1.82, 2.24) is 14.8 Å². The molecule has 1 aromatic heterocycles. The molecule has 0 atom stereocenters. The van der Waals surface area contributed by atoms with E-state index in [2.05, 4.69) is 10.3 Å². The molecule has 4 rings (SSSR count). The van der Waals surface area contributed by atoms with Crippen LogP contribution in [0.25, 0.3) is 11.1 Å². The minimum absolute atomic E-state index is 0.0600. The minimum Gasteiger partial charge on any atom is -0.444 e. The summed E-state index contributed by atoms with van der Waals surface area (Å²) in [6.45, 7) is 6.62. The van der Waals surface area contributed by atoms with Gasteiger partial charge in [-0.1, -0.05) is 24.3 Å². The molecule has 0 saturated heterocycles. The second-order valence-corrected chi connectivity index (χ2v) is 9.01. The van der Waals surface area contributed by atoms with E-state index < -0.39 is 5.60 Å². The van der Waals surface area contributed by atoms with Crippen LogP contribution in [0.1, 0.15) is 44.7 Å². The molecule has 1 N–H and O–H groups in total. The van der Waals surface area contributed by atoms with Gasteiger partial charge < -0.3 is 14.5 Å². The fourth-order valence-corrected chi connectivity index (χ4v) is 3.59. The summed E-state index contributed by atoms with van der Waals surface area (Å²) in [5.74, 6) is 0.642. The molecule has 1 aliphatic carbocycles. The maximum absolute atomic E-state index is 12.3. The smallest absolute Gasteiger partial charge is 0.410 e. The van der Waals surface area contributed by atoms with E-state index in [1.54, 1.807) is 18.1 Å². The van der Waals surface area contributed by atoms with E-state index in [0.717, 1.165) is 35.1 Å². The van der Waals surface area contributed by atoms with Gasteiger partial charge in [0, 0.05) is 31.4 Å². The Morgan fingerprint density at radius 2 is 1.93 bits per heavy atom. The molecule has 7 heteroatoms. The average molecular weight is 409 g/mol. The van der Waals surface area contributed by atoms with Crippen molar-refractivity contribution < 1.29 is 14.3 Å². The first-order valence-corrected chi connectivity index (χ1v) is 10.3. The molecule has 3 amide bonds. The molecule has 1 saturated carbocycles. The zero-order valence-electron chi connectivity index (χ0n) is 17.9. The third-order valence-electron chi connectivity index (χ3n) is 5.25. The summed E-state index contributed by atoms with van der Waals surface area (Å²) < 4.78 is 5.41. The predicted octanol–water partition coefficient (Wildman–Crippen LogP) is 4.63. The van der Waals surface area contributed by atoms with E-state index in [9.17, 15) is 9.59 Å². The van der Waals surface area contributed by atoms with Crippen LogP contribution in [0.3, 0.4) is 0 Å². The lowest BCUT2D eigenvalue weighted by molar-refractivity contribution is 0.0285. The number of urea groups is 1. The number of hydrogen-bond acceptors (Lipinski definition) is 4. The molecule has 2 aromatic rings. The van der Waals surface area contributed by atoms with Gasteiger partial charge in [-0.25, -0.2) is 14.6 Å². The first-order chi connectivity index (χ1) is 14.2. The number of benzene rings is 1. The van der Waals surface area contributed by atoms with E-state index in [1.165, 1.54) is 0 Å². The number of nitrogens with zero attached hydrogens (tertiary/aromatic N) is 3. The van der Waals surface area contributed by atoms with Crippen LogP contribution in [-0.2, 0) is 17.8 Å². The number of fused-ring (bicyclic) bond motifs is 1. The monoisotopic (exact) mass is 408 g/mol. The third-order valence-corrected chi connectivity index (χ3v) is 5.25. The molecule has 1 aromatic carbocycles. The molecule has 0 radical (unpaired) electrons. The van der Waals surface area contributed by atoms with Gasteiger partial charge in [0.2, 0.25) is 0 Å². The molecule has 2 aliphatic rings. The largest absolute Gasteiger partial charge is 0.444 e. The molecule has 7 nitrogen and oxygen atoms in total. The summed E-state index contributed by atoms with van der Waals surface area (Å²) in [6.07, 6.45) is 3.52. The summed E-state index contributed by atoms with van der Waals surface area (Å²) in [6, 6.07) is 10.4. The van der Waals surface area contributed by atoms with Gasteiger partial charge in [0.05, 0.1) is 6.54 Å². The molecular formula is C23H28N4O3. The Labute approximate surface area is 177 Å². The number of hydrogen-bond donors (Lipinski definition) is 1. The van der Waals surface area contributed by atoms with Crippen LogP contribution in [0.2, 0.25) is 0 Å². The Balaban J connectivity index is 1.51. The Hall–Kier alpha value is -3.09. The number of amides is 3. The van der Waals surface area contributed by atoms with Crippen molar-refractivity contribution in [3.63, 3.8) is 0 Å². The number of carbonyl (C=O) groups is 2. The fraction of sp³-hybridized carbons (Fsp3) is 0.435. The fourth-order valence-electron chi connectivity index (χ4n) is 3.59. The van der Waals surface area contributed by atoms with E-state index in [4.69, 9.17) is 4.74 Å². The second kappa shape index (κ2) is 7.63. The van der Waals surface area contributed by atoms with Crippen LogP contribution in [0.5, 0.6) is 0 Å². The third kappa shape index (κ3) is 4.40. The van der Waals surface area contributed by atoms with Gasteiger partial charge in [-0.05, 0) is 56.4 Å². The number of rotatable bonds is 4. The number of anilines is 1. The summed E-state index contributed by atoms with van der Waals surface area (Å²) in [4.78, 5) is 32.3. The maximum Gasteiger partial charge on any atom is 0.410 e. The Morgan fingerprint density at radius 3 is 2.57 bits per heavy atom. The highest BCUT2D eigenvalue weighted by Crippen LogP contribution is 2.36. The molecule has 30 heavy (non-hydrogen) atoms. The zero-order chi connectivity index (χ0) is 21.5. The van der Waals surface area contributed by atoms with Crippen molar-refractivity contribution >= 4 is 17.9 Å². The van der Waals surface area contributed by atoms with Gasteiger partial charge in [-0.3, -0.25) is 5.32 Å². The van der Waals surface area contributed by atoms with Crippen molar-refractivity contribution in [2.45, 2.75) is 58.3 Å². The quantitative estimate of drug-likeness (QED) is 0.801. The van der Waals surface area contributed by atoms with Crippen molar-refractivity contribution in [3.05, 3.63) is 47.7 Å². The molecule has 0 spiro atoms. The number of nitrogens with one attached hydrogen (secondary N) is 1. The van der Waals surface area contributed by atoms with Gasteiger partial charge in [0.25, 0.3) is 0 Å². The average Bonchev–Trinajstić information content (AvgIpc) is 3.51. The Kier molecular flexibility index (Phi) is 5.13. The number of ether oxygens (including phenoxy) is 1. The van der Waals surface area contributed by atoms with E-state index in [0.29, 0.717) is 24.9 Å². The second-order valence-electron chi connectivity index (χ2n) is 9.01. The molecule has 1 fully saturated rings. The van der Waals surface area contributed by atoms with Gasteiger partial charge in [0.1, 0.15) is 11.4 Å². The highest BCUT2D eigenvalue weighted by molar-refractivity contribution is 5.93. The van der Waals surface area contributed by atoms with Gasteiger partial charge in [0.15, 0.2) is 0 Å². The molecule has 1 aliphatic heterocycles. The highest BCUT2D eigenvalue weighted by atomic mass is 16.6. The van der Waals surface area contributed by atoms with Crippen LogP contribution < -0.4 is 5.32 Å². The number of carbonyl (C=O) groups excluding carboxylic acids is 2. The Morgan fingerprint density at radius 1 is 1.23 bits per heavy atom. The first kappa shape index (κ1) is 20.2. The van der Waals surface area contributed by atoms with Crippen molar-refractivity contribution in [2.75, 3.05) is 12.4 Å². The van der Waals surface area contributed by atoms with Crippen LogP contribution in [-0.4, -0.2) is 45.6 Å². The van der Waals surface area contributed by atoms with Gasteiger partial charge in [-0.2, -0.15) is 0 Å². The van der Waals surface area contributed by atoms with Gasteiger partial charge >= 0.3 is 12.1 Å². The van der Waals surface area contributed by atoms with Crippen LogP contribution in [0.15, 0.2) is 36.5 Å². The predicted molar refractivity (Wildman–Crippen MR) is 115 cm³/mol. The Bertz CT molecular complexity index is 961. The SMILES string of the molecule is CN(Cc1ccc(-c2ccnc3c2CN(C2CC2)C(=O)N3)cc1)C(=O)OC(C)(C)C. The molecular weight excluding hydrogens is 380 g/mol. The first-order valence-electron chi connectivity index (χ1n) is 10.3. The van der Waals surface area contributed by atoms with Crippen molar-refractivity contribution in [3.8, 4) is 11.1 Å². The summed E-state index contributed by atoms with van der Waals surface area (Å²) in [5.41, 5.74) is 3.67. The lowest BCUT2D eigenvalue weighted by Crippen LogP contribution is -2.40. The molecule has 158 valence electrons. The normalized spacial score (nSPS) is 16.0. The standard InChI is InChI=1S/C23H28N4O3/c1-23(2,3)30-22(29)26(4)13-15-5-7-16(8-6-15)18-11-12-24-20-19(18)14-27(17-9-10-17)21(28)25-20/h5-8,11-12,17H,9-10,13-14H2,1-4H3,(H,24,25,28). The molecule has 0 unspecified atom stereocenters. The summed E-state index contributed by atoms with van der Waals surface area (Å²) in [7, 11) is 1.73. The highest BCUT2D eigenvalue weighted by Gasteiger charge is 2.36. The molecule has 2 heterocycles. The van der Waals surface area contributed by atoms with Crippen LogP contribution in [0, 0.1) is 0 Å². The van der Waals surface area contributed by atoms with Crippen LogP contribution in [0.4, 0.5) is 15.4 Å². The van der Waals surface area contributed by atoms with E-state index in [1.807, 2.05) is 56.0 Å². The number of aromatic nitrogens is 1. The lowest BCUT2D eigenvalue weighted by atomic mass is 9.98. The minimum atomic E-state index is -0.514. The van der Waals surface area contributed by atoms with Gasteiger partial charge in [-0.15, -0.1) is 0 Å². The van der Waals surface area contributed by atoms with Crippen molar-refractivity contribution in [2.24, 2.45) is 0 Å². The molecule has 0 bridgehead atoms. The maximum atomic E-state index is 12.3. The number of pyridine rings is 1. The van der Waals surface area contributed by atoms with E-state index >= 15 is 0 Å². The van der Waals surface area contributed by atoms with Crippen molar-refractivity contribution in [1.29, 1.82) is 0 Å². The lowest BCUT2D eigenvalue weighted by Gasteiger charge is -2.30. The van der Waals surface area contributed by atoms with Crippen LogP contribution >= 0.6 is 0 Å². The topological polar surface area (TPSA) is 74.8 Å². The summed E-state index contributed by atoms with van der Waals surface area (Å²) >= 11 is 0. The van der Waals surface area contributed by atoms with E-state index in [-0.39, 0.29) is 12.1 Å². The zero-order valence-corrected chi connectivity index (χ0v) is 17.9. The summed E-state index contributed by atoms with van der Waals surface area (Å²) in [5, 5.41) is 2.93.